The van der Waals surface area contributed by atoms with Crippen LogP contribution in [0.3, 0.4) is 0 Å². The fourth-order valence-electron chi connectivity index (χ4n) is 4.78. The average molecular weight is 485 g/mol. The maximum Gasteiger partial charge on any atom is 0.119 e. The van der Waals surface area contributed by atoms with Gasteiger partial charge in [0.05, 0.1) is 0 Å². The molecular formula is C28H34Cl2N2O. The van der Waals surface area contributed by atoms with Crippen LogP contribution in [0.15, 0.2) is 48.0 Å². The summed E-state index contributed by atoms with van der Waals surface area (Å²) in [5.74, 6) is 0. The molecule has 1 unspecified atom stereocenters. The van der Waals surface area contributed by atoms with Crippen LogP contribution in [-0.2, 0) is 17.6 Å². The van der Waals surface area contributed by atoms with E-state index in [9.17, 15) is 4.79 Å². The summed E-state index contributed by atoms with van der Waals surface area (Å²) >= 11 is 12.0. The molecule has 0 spiro atoms. The second-order valence-electron chi connectivity index (χ2n) is 8.50. The van der Waals surface area contributed by atoms with Crippen LogP contribution < -0.4 is 11.1 Å². The molecule has 0 saturated heterocycles. The predicted molar refractivity (Wildman–Crippen MR) is 142 cm³/mol. The minimum Gasteiger partial charge on any atom is -0.330 e. The highest BCUT2D eigenvalue weighted by molar-refractivity contribution is 6.31. The molecule has 3 aliphatic rings. The van der Waals surface area contributed by atoms with Gasteiger partial charge in [0.25, 0.3) is 0 Å². The van der Waals surface area contributed by atoms with Crippen molar-refractivity contribution in [1.29, 1.82) is 0 Å². The molecule has 0 radical (unpaired) electrons. The summed E-state index contributed by atoms with van der Waals surface area (Å²) < 4.78 is 0. The molecule has 0 saturated carbocycles. The SMILES string of the molecule is CCC1NCCC2=C1Cc1cc(Cl)ccc12.CCC=O.NCCC1=CCc2cc(Cl)ccc21. The van der Waals surface area contributed by atoms with Crippen molar-refractivity contribution in [2.45, 2.75) is 58.4 Å². The maximum absolute atomic E-state index is 9.17. The first kappa shape index (κ1) is 25.7. The Morgan fingerprint density at radius 3 is 2.36 bits per heavy atom. The van der Waals surface area contributed by atoms with E-state index >= 15 is 0 Å². The van der Waals surface area contributed by atoms with E-state index in [1.165, 1.54) is 40.7 Å². The van der Waals surface area contributed by atoms with Gasteiger partial charge in [-0.1, -0.05) is 55.3 Å². The van der Waals surface area contributed by atoms with E-state index < -0.39 is 0 Å². The summed E-state index contributed by atoms with van der Waals surface area (Å²) in [5.41, 5.74) is 15.6. The maximum atomic E-state index is 9.17. The average Bonchev–Trinajstić information content (AvgIpc) is 3.40. The molecule has 0 amide bonds. The first-order chi connectivity index (χ1) is 16.0. The number of benzene rings is 2. The lowest BCUT2D eigenvalue weighted by molar-refractivity contribution is -0.107. The first-order valence-corrected chi connectivity index (χ1v) is 12.6. The van der Waals surface area contributed by atoms with Gasteiger partial charge in [-0.05, 0) is 108 Å². The zero-order valence-electron chi connectivity index (χ0n) is 19.6. The normalized spacial score (nSPS) is 17.6. The lowest BCUT2D eigenvalue weighted by atomic mass is 9.93. The van der Waals surface area contributed by atoms with Crippen molar-refractivity contribution in [3.8, 4) is 0 Å². The molecule has 5 rings (SSSR count). The van der Waals surface area contributed by atoms with Crippen LogP contribution in [0.1, 0.15) is 61.8 Å². The largest absolute Gasteiger partial charge is 0.330 e. The molecule has 0 fully saturated rings. The summed E-state index contributed by atoms with van der Waals surface area (Å²) in [6.45, 7) is 5.89. The van der Waals surface area contributed by atoms with Gasteiger partial charge in [-0.2, -0.15) is 0 Å². The fourth-order valence-corrected chi connectivity index (χ4v) is 5.17. The Balaban J connectivity index is 0.000000163. The van der Waals surface area contributed by atoms with Gasteiger partial charge in [0.1, 0.15) is 6.29 Å². The highest BCUT2D eigenvalue weighted by atomic mass is 35.5. The molecule has 5 heteroatoms. The van der Waals surface area contributed by atoms with E-state index in [2.05, 4.69) is 36.5 Å². The lowest BCUT2D eigenvalue weighted by Gasteiger charge is -2.25. The molecule has 2 aliphatic carbocycles. The molecule has 33 heavy (non-hydrogen) atoms. The summed E-state index contributed by atoms with van der Waals surface area (Å²) in [5, 5.41) is 5.28. The number of hydrogen-bond acceptors (Lipinski definition) is 3. The molecule has 1 atom stereocenters. The van der Waals surface area contributed by atoms with Gasteiger partial charge in [-0.3, -0.25) is 0 Å². The molecule has 0 aromatic heterocycles. The van der Waals surface area contributed by atoms with Gasteiger partial charge >= 0.3 is 0 Å². The minimum atomic E-state index is 0.579. The van der Waals surface area contributed by atoms with Gasteiger partial charge in [-0.15, -0.1) is 0 Å². The van der Waals surface area contributed by atoms with Crippen LogP contribution in [0.25, 0.3) is 11.1 Å². The number of carbonyl (C=O) groups is 1. The third-order valence-electron chi connectivity index (χ3n) is 6.32. The molecule has 176 valence electrons. The van der Waals surface area contributed by atoms with Crippen molar-refractivity contribution in [3.63, 3.8) is 0 Å². The molecular weight excluding hydrogens is 451 g/mol. The van der Waals surface area contributed by atoms with E-state index in [0.717, 1.165) is 42.1 Å². The molecule has 3 N–H and O–H groups in total. The highest BCUT2D eigenvalue weighted by Gasteiger charge is 2.28. The van der Waals surface area contributed by atoms with Crippen LogP contribution >= 0.6 is 23.2 Å². The van der Waals surface area contributed by atoms with Crippen LogP contribution in [0.4, 0.5) is 0 Å². The number of halogens is 2. The molecule has 2 aromatic rings. The summed E-state index contributed by atoms with van der Waals surface area (Å²) in [7, 11) is 0. The minimum absolute atomic E-state index is 0.579. The van der Waals surface area contributed by atoms with Crippen LogP contribution in [-0.4, -0.2) is 25.4 Å². The van der Waals surface area contributed by atoms with Crippen molar-refractivity contribution < 1.29 is 4.79 Å². The number of carbonyl (C=O) groups excluding carboxylic acids is 1. The van der Waals surface area contributed by atoms with E-state index in [1.807, 2.05) is 25.1 Å². The number of hydrogen-bond donors (Lipinski definition) is 2. The standard InChI is InChI=1S/C14H16ClN.C11H12ClN.C3H6O/c1-2-14-13-8-9-7-10(15)3-4-11(9)12(13)5-6-16-14;12-10-3-4-11-8(5-6-13)1-2-9(11)7-10;1-2-3-4/h3-4,7,14,16H,2,5-6,8H2,1H3;1,3-4,7H,2,5-6,13H2;3H,2H2,1H3. The van der Waals surface area contributed by atoms with E-state index in [4.69, 9.17) is 28.9 Å². The number of rotatable bonds is 4. The van der Waals surface area contributed by atoms with Gasteiger partial charge in [0, 0.05) is 22.5 Å². The molecule has 1 heterocycles. The Kier molecular flexibility index (Phi) is 9.76. The van der Waals surface area contributed by atoms with Gasteiger partial charge in [-0.25, -0.2) is 0 Å². The van der Waals surface area contributed by atoms with Crippen molar-refractivity contribution >= 4 is 40.6 Å². The lowest BCUT2D eigenvalue weighted by Crippen LogP contribution is -2.35. The molecule has 0 bridgehead atoms. The zero-order chi connectivity index (χ0) is 23.8. The van der Waals surface area contributed by atoms with Crippen molar-refractivity contribution in [2.75, 3.05) is 13.1 Å². The summed E-state index contributed by atoms with van der Waals surface area (Å²) in [6.07, 6.45) is 9.17. The topological polar surface area (TPSA) is 55.1 Å². The monoisotopic (exact) mass is 484 g/mol. The van der Waals surface area contributed by atoms with Crippen molar-refractivity contribution in [2.24, 2.45) is 5.73 Å². The third kappa shape index (κ3) is 6.36. The molecule has 3 nitrogen and oxygen atoms in total. The number of nitrogens with one attached hydrogen (secondary N) is 1. The van der Waals surface area contributed by atoms with Gasteiger partial charge in [0.2, 0.25) is 0 Å². The fraction of sp³-hybridized carbons (Fsp3) is 0.393. The van der Waals surface area contributed by atoms with Crippen LogP contribution in [0, 0.1) is 0 Å². The van der Waals surface area contributed by atoms with E-state index in [0.29, 0.717) is 19.0 Å². The second kappa shape index (κ2) is 12.5. The molecule has 1 aliphatic heterocycles. The van der Waals surface area contributed by atoms with E-state index in [1.54, 1.807) is 11.1 Å². The van der Waals surface area contributed by atoms with Gasteiger partial charge in [0.15, 0.2) is 0 Å². The Bertz CT molecular complexity index is 1040. The Labute approximate surface area is 208 Å². The van der Waals surface area contributed by atoms with Crippen LogP contribution in [0.2, 0.25) is 10.0 Å². The number of fused-ring (bicyclic) bond motifs is 3. The summed E-state index contributed by atoms with van der Waals surface area (Å²) in [4.78, 5) is 9.17. The smallest absolute Gasteiger partial charge is 0.119 e. The van der Waals surface area contributed by atoms with Crippen LogP contribution in [0.5, 0.6) is 0 Å². The number of aldehydes is 1. The number of nitrogens with two attached hydrogens (primary N) is 1. The number of allylic oxidation sites excluding steroid dienone is 1. The first-order valence-electron chi connectivity index (χ1n) is 11.9. The Morgan fingerprint density at radius 1 is 1.06 bits per heavy atom. The van der Waals surface area contributed by atoms with Gasteiger partial charge < -0.3 is 15.8 Å². The third-order valence-corrected chi connectivity index (χ3v) is 6.79. The Morgan fingerprint density at radius 2 is 1.73 bits per heavy atom. The van der Waals surface area contributed by atoms with Crippen molar-refractivity contribution in [3.05, 3.63) is 80.3 Å². The predicted octanol–water partition coefficient (Wildman–Crippen LogP) is 6.65. The van der Waals surface area contributed by atoms with Crippen molar-refractivity contribution in [1.82, 2.24) is 5.32 Å². The zero-order valence-corrected chi connectivity index (χ0v) is 21.1. The van der Waals surface area contributed by atoms with E-state index in [-0.39, 0.29) is 0 Å². The Hall–Kier alpha value is -1.91. The summed E-state index contributed by atoms with van der Waals surface area (Å²) in [6, 6.07) is 13.0. The molecule has 2 aromatic carbocycles. The second-order valence-corrected chi connectivity index (χ2v) is 9.37. The highest BCUT2D eigenvalue weighted by Crippen LogP contribution is 2.39. The quantitative estimate of drug-likeness (QED) is 0.477.